The average molecular weight is 359 g/mol. The Bertz CT molecular complexity index is 708. The van der Waals surface area contributed by atoms with Crippen LogP contribution < -0.4 is 10.2 Å². The fraction of sp³-hybridized carbons (Fsp3) is 0.500. The van der Waals surface area contributed by atoms with Crippen molar-refractivity contribution < 1.29 is 14.1 Å². The lowest BCUT2D eigenvalue weighted by Gasteiger charge is -2.35. The molecule has 1 fully saturated rings. The van der Waals surface area contributed by atoms with Crippen LogP contribution in [0.25, 0.3) is 0 Å². The summed E-state index contributed by atoms with van der Waals surface area (Å²) in [4.78, 5) is 21.0. The van der Waals surface area contributed by atoms with E-state index in [9.17, 15) is 4.79 Å². The van der Waals surface area contributed by atoms with Crippen molar-refractivity contribution in [3.05, 3.63) is 41.4 Å². The van der Waals surface area contributed by atoms with E-state index in [1.165, 1.54) is 0 Å². The van der Waals surface area contributed by atoms with Crippen molar-refractivity contribution in [2.75, 3.05) is 51.3 Å². The van der Waals surface area contributed by atoms with Gasteiger partial charge in [0.1, 0.15) is 11.6 Å². The van der Waals surface area contributed by atoms with Crippen LogP contribution in [-0.2, 0) is 11.3 Å². The minimum absolute atomic E-state index is 0.131. The van der Waals surface area contributed by atoms with E-state index < -0.39 is 0 Å². The lowest BCUT2D eigenvalue weighted by molar-refractivity contribution is 0.0936. The number of carbonyl (C=O) groups is 1. The number of nitrogens with one attached hydrogen (secondary N) is 1. The second-order valence-electron chi connectivity index (χ2n) is 6.35. The van der Waals surface area contributed by atoms with E-state index >= 15 is 0 Å². The van der Waals surface area contributed by atoms with Crippen LogP contribution in [0.5, 0.6) is 0 Å². The van der Waals surface area contributed by atoms with Gasteiger partial charge in [0.05, 0.1) is 17.9 Å². The molecule has 1 saturated heterocycles. The Labute approximate surface area is 153 Å². The molecule has 140 valence electrons. The molecule has 2 aromatic heterocycles. The van der Waals surface area contributed by atoms with Crippen molar-refractivity contribution in [3.8, 4) is 0 Å². The number of ether oxygens (including phenoxy) is 1. The van der Waals surface area contributed by atoms with Gasteiger partial charge in [0.2, 0.25) is 0 Å². The highest BCUT2D eigenvalue weighted by molar-refractivity contribution is 5.94. The second-order valence-corrected chi connectivity index (χ2v) is 6.35. The van der Waals surface area contributed by atoms with E-state index in [4.69, 9.17) is 9.26 Å². The number of anilines is 1. The fourth-order valence-corrected chi connectivity index (χ4v) is 2.93. The highest BCUT2D eigenvalue weighted by Crippen LogP contribution is 2.15. The number of aryl methyl sites for hydroxylation is 1. The third-order valence-electron chi connectivity index (χ3n) is 4.36. The number of aromatic nitrogens is 2. The Morgan fingerprint density at radius 2 is 2.12 bits per heavy atom. The van der Waals surface area contributed by atoms with Gasteiger partial charge >= 0.3 is 0 Å². The van der Waals surface area contributed by atoms with Crippen LogP contribution in [0.3, 0.4) is 0 Å². The van der Waals surface area contributed by atoms with Crippen molar-refractivity contribution in [1.82, 2.24) is 20.4 Å². The Morgan fingerprint density at radius 3 is 2.73 bits per heavy atom. The summed E-state index contributed by atoms with van der Waals surface area (Å²) < 4.78 is 10.0. The van der Waals surface area contributed by atoms with Crippen LogP contribution >= 0.6 is 0 Å². The topological polar surface area (TPSA) is 83.7 Å². The number of rotatable bonds is 7. The maximum absolute atomic E-state index is 12.0. The zero-order valence-electron chi connectivity index (χ0n) is 15.3. The molecule has 8 nitrogen and oxygen atoms in total. The first kappa shape index (κ1) is 18.3. The molecular weight excluding hydrogens is 334 g/mol. The van der Waals surface area contributed by atoms with Crippen LogP contribution in [0.2, 0.25) is 0 Å². The Kier molecular flexibility index (Phi) is 6.19. The zero-order valence-corrected chi connectivity index (χ0v) is 15.3. The molecule has 0 aliphatic carbocycles. The second kappa shape index (κ2) is 8.77. The third-order valence-corrected chi connectivity index (χ3v) is 4.36. The molecule has 8 heteroatoms. The summed E-state index contributed by atoms with van der Waals surface area (Å²) >= 11 is 0. The van der Waals surface area contributed by atoms with Gasteiger partial charge in [0, 0.05) is 58.6 Å². The van der Waals surface area contributed by atoms with Gasteiger partial charge in [-0.3, -0.25) is 9.69 Å². The van der Waals surface area contributed by atoms with Gasteiger partial charge in [-0.2, -0.15) is 0 Å². The first-order valence-electron chi connectivity index (χ1n) is 8.78. The molecular formula is C18H25N5O3. The van der Waals surface area contributed by atoms with Crippen LogP contribution in [0.4, 0.5) is 5.82 Å². The van der Waals surface area contributed by atoms with Gasteiger partial charge in [-0.15, -0.1) is 0 Å². The number of amides is 1. The van der Waals surface area contributed by atoms with E-state index in [1.54, 1.807) is 13.3 Å². The van der Waals surface area contributed by atoms with E-state index in [0.717, 1.165) is 50.0 Å². The van der Waals surface area contributed by atoms with Gasteiger partial charge in [0.15, 0.2) is 0 Å². The van der Waals surface area contributed by atoms with Gasteiger partial charge in [-0.05, 0) is 19.1 Å². The Morgan fingerprint density at radius 1 is 1.31 bits per heavy atom. The number of hydrogen-bond donors (Lipinski definition) is 1. The quantitative estimate of drug-likeness (QED) is 0.741. The monoisotopic (exact) mass is 359 g/mol. The third kappa shape index (κ3) is 4.80. The minimum Gasteiger partial charge on any atom is -0.383 e. The summed E-state index contributed by atoms with van der Waals surface area (Å²) in [7, 11) is 1.61. The molecule has 1 N–H and O–H groups in total. The van der Waals surface area contributed by atoms with Crippen LogP contribution in [0.15, 0.2) is 28.9 Å². The van der Waals surface area contributed by atoms with Crippen LogP contribution in [0.1, 0.15) is 21.8 Å². The van der Waals surface area contributed by atoms with E-state index in [2.05, 4.69) is 25.3 Å². The predicted molar refractivity (Wildman–Crippen MR) is 97.2 cm³/mol. The number of carbonyl (C=O) groups excluding carboxylic acids is 1. The maximum Gasteiger partial charge on any atom is 0.252 e. The van der Waals surface area contributed by atoms with Crippen LogP contribution in [-0.4, -0.2) is 67.4 Å². The van der Waals surface area contributed by atoms with Crippen molar-refractivity contribution >= 4 is 11.7 Å². The first-order valence-corrected chi connectivity index (χ1v) is 8.78. The molecule has 3 heterocycles. The number of pyridine rings is 1. The summed E-state index contributed by atoms with van der Waals surface area (Å²) in [5.41, 5.74) is 1.53. The summed E-state index contributed by atoms with van der Waals surface area (Å²) in [6.45, 7) is 7.35. The van der Waals surface area contributed by atoms with Gasteiger partial charge in [-0.25, -0.2) is 4.98 Å². The molecule has 26 heavy (non-hydrogen) atoms. The van der Waals surface area contributed by atoms with Crippen molar-refractivity contribution in [3.63, 3.8) is 0 Å². The molecule has 0 aromatic carbocycles. The zero-order chi connectivity index (χ0) is 18.4. The van der Waals surface area contributed by atoms with Crippen LogP contribution in [0, 0.1) is 6.92 Å². The minimum atomic E-state index is -0.131. The molecule has 2 aromatic rings. The summed E-state index contributed by atoms with van der Waals surface area (Å²) in [6.07, 6.45) is 1.63. The summed E-state index contributed by atoms with van der Waals surface area (Å²) in [5, 5.41) is 6.84. The lowest BCUT2D eigenvalue weighted by atomic mass is 10.2. The summed E-state index contributed by atoms with van der Waals surface area (Å²) in [6, 6.07) is 5.70. The number of methoxy groups -OCH3 is 1. The van der Waals surface area contributed by atoms with Crippen molar-refractivity contribution in [2.24, 2.45) is 0 Å². The normalized spacial score (nSPS) is 15.2. The fourth-order valence-electron chi connectivity index (χ4n) is 2.93. The molecule has 1 aliphatic rings. The van der Waals surface area contributed by atoms with E-state index in [0.29, 0.717) is 18.7 Å². The van der Waals surface area contributed by atoms with E-state index in [-0.39, 0.29) is 5.91 Å². The SMILES string of the molecule is COCCNC(=O)c1ccc(N2CCN(Cc3cc(C)on3)CC2)nc1. The number of nitrogens with zero attached hydrogens (tertiary/aromatic N) is 4. The molecule has 1 amide bonds. The van der Waals surface area contributed by atoms with Crippen molar-refractivity contribution in [1.29, 1.82) is 0 Å². The maximum atomic E-state index is 12.0. The summed E-state index contributed by atoms with van der Waals surface area (Å²) in [5.74, 6) is 1.61. The Balaban J connectivity index is 1.49. The van der Waals surface area contributed by atoms with Crippen molar-refractivity contribution in [2.45, 2.75) is 13.5 Å². The molecule has 0 bridgehead atoms. The number of piperazine rings is 1. The molecule has 0 atom stereocenters. The number of hydrogen-bond acceptors (Lipinski definition) is 7. The highest BCUT2D eigenvalue weighted by atomic mass is 16.5. The molecule has 0 saturated carbocycles. The molecule has 0 unspecified atom stereocenters. The molecule has 1 aliphatic heterocycles. The Hall–Kier alpha value is -2.45. The lowest BCUT2D eigenvalue weighted by Crippen LogP contribution is -2.46. The van der Waals surface area contributed by atoms with E-state index in [1.807, 2.05) is 25.1 Å². The largest absolute Gasteiger partial charge is 0.383 e. The first-order chi connectivity index (χ1) is 12.7. The van der Waals surface area contributed by atoms with Gasteiger partial charge in [-0.1, -0.05) is 5.16 Å². The van der Waals surface area contributed by atoms with Gasteiger partial charge in [0.25, 0.3) is 5.91 Å². The predicted octanol–water partition coefficient (Wildman–Crippen LogP) is 1.08. The molecule has 3 rings (SSSR count). The van der Waals surface area contributed by atoms with Gasteiger partial charge < -0.3 is 19.5 Å². The highest BCUT2D eigenvalue weighted by Gasteiger charge is 2.19. The molecule has 0 spiro atoms. The molecule has 0 radical (unpaired) electrons. The smallest absolute Gasteiger partial charge is 0.252 e. The average Bonchev–Trinajstić information content (AvgIpc) is 3.07. The standard InChI is InChI=1S/C18H25N5O3/c1-14-11-16(21-26-14)13-22-6-8-23(9-7-22)17-4-3-15(12-20-17)18(24)19-5-10-25-2/h3-4,11-12H,5-10,13H2,1-2H3,(H,19,24).